The summed E-state index contributed by atoms with van der Waals surface area (Å²) in [7, 11) is 10.2. The third-order valence-electron chi connectivity index (χ3n) is 8.28. The van der Waals surface area contributed by atoms with Gasteiger partial charge in [-0.1, -0.05) is 34.8 Å². The summed E-state index contributed by atoms with van der Waals surface area (Å²) >= 11 is 26.5. The Kier molecular flexibility index (Phi) is 10.9. The van der Waals surface area contributed by atoms with Gasteiger partial charge in [0, 0.05) is 40.2 Å². The van der Waals surface area contributed by atoms with Crippen molar-refractivity contribution in [3.05, 3.63) is 45.2 Å². The molecule has 254 valence electrons. The van der Waals surface area contributed by atoms with Crippen molar-refractivity contribution in [2.24, 2.45) is 0 Å². The molecule has 0 radical (unpaired) electrons. The molecule has 2 fully saturated rings. The third kappa shape index (κ3) is 6.77. The molecule has 2 aliphatic rings. The van der Waals surface area contributed by atoms with Crippen LogP contribution in [0.15, 0.2) is 24.5 Å². The van der Waals surface area contributed by atoms with Gasteiger partial charge in [-0.05, 0) is 20.2 Å². The minimum atomic E-state index is -0.903. The van der Waals surface area contributed by atoms with E-state index >= 15 is 0 Å². The van der Waals surface area contributed by atoms with Crippen molar-refractivity contribution in [3.63, 3.8) is 0 Å². The molecule has 0 saturated carbocycles. The zero-order valence-corrected chi connectivity index (χ0v) is 29.7. The topological polar surface area (TPSA) is 142 Å². The Bertz CT molecular complexity index is 1620. The molecule has 2 saturated heterocycles. The summed E-state index contributed by atoms with van der Waals surface area (Å²) in [5.41, 5.74) is -0.135. The third-order valence-corrected chi connectivity index (χ3v) is 9.63. The number of methoxy groups -OCH3 is 2. The van der Waals surface area contributed by atoms with E-state index in [4.69, 9.17) is 60.6 Å². The van der Waals surface area contributed by atoms with E-state index in [-0.39, 0.29) is 35.5 Å². The summed E-state index contributed by atoms with van der Waals surface area (Å²) in [6, 6.07) is 3.15. The van der Waals surface area contributed by atoms with E-state index < -0.39 is 17.3 Å². The second-order valence-electron chi connectivity index (χ2n) is 11.1. The number of anilines is 5. The number of piperidine rings is 1. The number of nitrogens with zero attached hydrogens (tertiary/aromatic N) is 7. The molecular formula is C29H36Cl4N10O4. The fourth-order valence-electron chi connectivity index (χ4n) is 5.58. The van der Waals surface area contributed by atoms with Crippen LogP contribution < -0.4 is 25.6 Å². The zero-order valence-electron chi connectivity index (χ0n) is 26.6. The molecule has 3 aromatic rings. The fraction of sp³-hybridized carbons (Fsp3) is 0.483. The average Bonchev–Trinajstić information content (AvgIpc) is 3.04. The van der Waals surface area contributed by atoms with Crippen LogP contribution >= 0.6 is 46.4 Å². The van der Waals surface area contributed by atoms with E-state index in [1.165, 1.54) is 26.6 Å². The van der Waals surface area contributed by atoms with Crippen LogP contribution in [0.4, 0.5) is 29.2 Å². The molecule has 5 rings (SSSR count). The highest BCUT2D eigenvalue weighted by Gasteiger charge is 2.50. The van der Waals surface area contributed by atoms with E-state index in [1.54, 1.807) is 31.1 Å². The van der Waals surface area contributed by atoms with Crippen LogP contribution in [-0.2, 0) is 9.47 Å². The van der Waals surface area contributed by atoms with Crippen LogP contribution in [0.5, 0.6) is 5.75 Å². The molecular weight excluding hydrogens is 694 g/mol. The van der Waals surface area contributed by atoms with Crippen molar-refractivity contribution in [2.75, 3.05) is 83.0 Å². The first-order valence-corrected chi connectivity index (χ1v) is 16.1. The lowest BCUT2D eigenvalue weighted by Crippen LogP contribution is -2.68. The average molecular weight is 730 g/mol. The van der Waals surface area contributed by atoms with Crippen LogP contribution in [0.3, 0.4) is 0 Å². The maximum atomic E-state index is 14.3. The second kappa shape index (κ2) is 14.6. The molecule has 1 amide bonds. The van der Waals surface area contributed by atoms with Crippen LogP contribution in [0.1, 0.15) is 16.8 Å². The maximum Gasteiger partial charge on any atom is 0.259 e. The Labute approximate surface area is 293 Å². The van der Waals surface area contributed by atoms with Gasteiger partial charge in [0.15, 0.2) is 0 Å². The van der Waals surface area contributed by atoms with E-state index in [9.17, 15) is 4.79 Å². The van der Waals surface area contributed by atoms with Gasteiger partial charge >= 0.3 is 0 Å². The molecule has 2 aromatic heterocycles. The number of carbonyl (C=O) groups is 1. The van der Waals surface area contributed by atoms with E-state index in [2.05, 4.69) is 35.9 Å². The highest BCUT2D eigenvalue weighted by atomic mass is 35.5. The smallest absolute Gasteiger partial charge is 0.259 e. The molecule has 18 heteroatoms. The molecule has 4 heterocycles. The number of amides is 1. The van der Waals surface area contributed by atoms with Crippen molar-refractivity contribution in [1.29, 1.82) is 0 Å². The number of nitrogens with one attached hydrogen (secondary N) is 3. The summed E-state index contributed by atoms with van der Waals surface area (Å²) in [4.78, 5) is 37.5. The lowest BCUT2D eigenvalue weighted by molar-refractivity contribution is -0.0766. The highest BCUT2D eigenvalue weighted by molar-refractivity contribution is 6.34. The summed E-state index contributed by atoms with van der Waals surface area (Å²) in [6.07, 6.45) is 2.58. The number of aromatic nitrogens is 4. The van der Waals surface area contributed by atoms with Gasteiger partial charge in [-0.3, -0.25) is 9.69 Å². The van der Waals surface area contributed by atoms with E-state index in [0.29, 0.717) is 58.2 Å². The summed E-state index contributed by atoms with van der Waals surface area (Å²) in [5.74, 6) is 1.50. The number of likely N-dealkylation sites (tertiary alicyclic amines) is 1. The first kappa shape index (κ1) is 35.2. The second-order valence-corrected chi connectivity index (χ2v) is 12.8. The van der Waals surface area contributed by atoms with Gasteiger partial charge in [0.25, 0.3) is 5.91 Å². The lowest BCUT2D eigenvalue weighted by atomic mass is 9.92. The monoisotopic (exact) mass is 728 g/mol. The highest BCUT2D eigenvalue weighted by Crippen LogP contribution is 2.42. The molecule has 3 N–H and O–H groups in total. The number of rotatable bonds is 11. The normalized spacial score (nSPS) is 21.3. The standard InChI is InChI=1S/C29H36Cl4N10O4/c1-34-24-18(31)10-36-27(38-24)40-29(41(3)4)9-23(46-6)42(12-22(29)33)26(44)16-7-17(30)20(8-21(16)45-5)43(15-13-47-14-15)28-37-11-19(32)25(35-2)39-28/h7-8,10-11,15,22-23H,9,12-14H2,1-6H3,(H,35,37,39)(H2,34,36,38,40). The number of halogens is 4. The van der Waals surface area contributed by atoms with Gasteiger partial charge in [-0.2, -0.15) is 9.97 Å². The van der Waals surface area contributed by atoms with Crippen LogP contribution in [-0.4, -0.2) is 121 Å². The van der Waals surface area contributed by atoms with Crippen molar-refractivity contribution >= 4 is 81.5 Å². The van der Waals surface area contributed by atoms with E-state index in [1.807, 2.05) is 23.9 Å². The fourth-order valence-corrected chi connectivity index (χ4v) is 6.69. The van der Waals surface area contributed by atoms with Crippen molar-refractivity contribution in [2.45, 2.75) is 29.7 Å². The first-order chi connectivity index (χ1) is 22.5. The minimum absolute atomic E-state index is 0.107. The van der Waals surface area contributed by atoms with Crippen molar-refractivity contribution in [3.8, 4) is 5.75 Å². The predicted molar refractivity (Wildman–Crippen MR) is 184 cm³/mol. The molecule has 0 spiro atoms. The Morgan fingerprint density at radius 3 is 2.26 bits per heavy atom. The van der Waals surface area contributed by atoms with Gasteiger partial charge in [0.05, 0.1) is 60.4 Å². The Morgan fingerprint density at radius 1 is 1.02 bits per heavy atom. The van der Waals surface area contributed by atoms with E-state index in [0.717, 1.165) is 0 Å². The molecule has 3 unspecified atom stereocenters. The van der Waals surface area contributed by atoms with Gasteiger partial charge < -0.3 is 40.0 Å². The van der Waals surface area contributed by atoms with Gasteiger partial charge in [0.1, 0.15) is 39.3 Å². The molecule has 3 atom stereocenters. The number of hydrogen-bond acceptors (Lipinski definition) is 13. The Balaban J connectivity index is 1.47. The SMILES string of the molecule is CNc1nc(NC2(N(C)C)CC(OC)N(C(=O)c3cc(Cl)c(N(c4ncc(Cl)c(NC)n4)C4COC4)cc3OC)CC2Cl)ncc1Cl. The van der Waals surface area contributed by atoms with Gasteiger partial charge in [-0.15, -0.1) is 11.6 Å². The van der Waals surface area contributed by atoms with Crippen LogP contribution in [0.25, 0.3) is 0 Å². The molecule has 0 bridgehead atoms. The van der Waals surface area contributed by atoms with Gasteiger partial charge in [-0.25, -0.2) is 9.97 Å². The Morgan fingerprint density at radius 2 is 1.68 bits per heavy atom. The summed E-state index contributed by atoms with van der Waals surface area (Å²) < 4.78 is 17.1. The summed E-state index contributed by atoms with van der Waals surface area (Å²) in [5, 5.41) is 9.68. The van der Waals surface area contributed by atoms with Crippen molar-refractivity contribution in [1.82, 2.24) is 29.7 Å². The quantitative estimate of drug-likeness (QED) is 0.186. The van der Waals surface area contributed by atoms with Crippen molar-refractivity contribution < 1.29 is 19.0 Å². The number of benzene rings is 1. The number of alkyl halides is 1. The zero-order chi connectivity index (χ0) is 34.0. The Hall–Kier alpha value is -3.11. The lowest BCUT2D eigenvalue weighted by Gasteiger charge is -2.52. The summed E-state index contributed by atoms with van der Waals surface area (Å²) in [6.45, 7) is 0.967. The van der Waals surface area contributed by atoms with Crippen LogP contribution in [0, 0.1) is 0 Å². The number of carbonyl (C=O) groups excluding carboxylic acids is 1. The van der Waals surface area contributed by atoms with Gasteiger partial charge in [0.2, 0.25) is 11.9 Å². The molecule has 1 aromatic carbocycles. The molecule has 47 heavy (non-hydrogen) atoms. The predicted octanol–water partition coefficient (Wildman–Crippen LogP) is 4.65. The largest absolute Gasteiger partial charge is 0.496 e. The number of hydrogen-bond donors (Lipinski definition) is 3. The maximum absolute atomic E-state index is 14.3. The molecule has 14 nitrogen and oxygen atoms in total. The van der Waals surface area contributed by atoms with Crippen LogP contribution in [0.2, 0.25) is 15.1 Å². The number of ether oxygens (including phenoxy) is 3. The first-order valence-electron chi connectivity index (χ1n) is 14.6. The molecule has 2 aliphatic heterocycles. The minimum Gasteiger partial charge on any atom is -0.496 e. The molecule has 0 aliphatic carbocycles.